The number of allylic oxidation sites excluding steroid dienone is 1. The Hall–Kier alpha value is -3.09. The van der Waals surface area contributed by atoms with Crippen molar-refractivity contribution in [3.63, 3.8) is 0 Å². The zero-order chi connectivity index (χ0) is 23.5. The van der Waals surface area contributed by atoms with Crippen LogP contribution in [0.2, 0.25) is 0 Å². The number of aromatic nitrogens is 3. The average molecular weight is 457 g/mol. The molecule has 0 radical (unpaired) electrons. The lowest BCUT2D eigenvalue weighted by Gasteiger charge is -2.36. The quantitative estimate of drug-likeness (QED) is 0.508. The summed E-state index contributed by atoms with van der Waals surface area (Å²) in [5.41, 5.74) is 7.18. The Morgan fingerprint density at radius 3 is 2.74 bits per heavy atom. The number of Topliss-reactive ketones (excluding diaryl/α,β-unsaturated/α-hetero) is 1. The zero-order valence-corrected chi connectivity index (χ0v) is 20.0. The molecule has 0 spiro atoms. The van der Waals surface area contributed by atoms with Gasteiger partial charge < -0.3 is 9.30 Å². The van der Waals surface area contributed by atoms with E-state index in [9.17, 15) is 4.79 Å². The smallest absolute Gasteiger partial charge is 0.168 e. The number of morpholine rings is 1. The number of pyridine rings is 2. The topological polar surface area (TPSA) is 60.2 Å². The van der Waals surface area contributed by atoms with Crippen molar-refractivity contribution in [1.29, 1.82) is 0 Å². The molecule has 1 atom stereocenters. The first-order chi connectivity index (χ1) is 16.6. The third-order valence-corrected chi connectivity index (χ3v) is 6.94. The maximum absolute atomic E-state index is 12.9. The highest BCUT2D eigenvalue weighted by Crippen LogP contribution is 2.30. The number of hydrogen-bond acceptors (Lipinski definition) is 5. The van der Waals surface area contributed by atoms with Crippen molar-refractivity contribution in [2.24, 2.45) is 0 Å². The molecule has 6 nitrogen and oxygen atoms in total. The van der Waals surface area contributed by atoms with Crippen molar-refractivity contribution in [3.05, 3.63) is 83.2 Å². The summed E-state index contributed by atoms with van der Waals surface area (Å²) in [5.74, 6) is 0.101. The Balaban J connectivity index is 1.24. The second-order valence-electron chi connectivity index (χ2n) is 9.38. The molecule has 1 saturated heterocycles. The molecule has 0 amide bonds. The van der Waals surface area contributed by atoms with Crippen LogP contribution in [0.25, 0.3) is 11.3 Å². The van der Waals surface area contributed by atoms with Crippen molar-refractivity contribution in [2.45, 2.75) is 45.6 Å². The van der Waals surface area contributed by atoms with Crippen LogP contribution in [0.1, 0.15) is 52.1 Å². The normalized spacial score (nSPS) is 19.1. The van der Waals surface area contributed by atoms with Crippen molar-refractivity contribution in [2.75, 3.05) is 26.3 Å². The molecule has 1 unspecified atom stereocenters. The van der Waals surface area contributed by atoms with Crippen molar-refractivity contribution in [3.8, 4) is 5.69 Å². The highest BCUT2D eigenvalue weighted by atomic mass is 16.5. The SMILES string of the molecule is Cc1cc(-n2ccc(C(=O)Cc3cnc(C4=CCC(N5CCOCC5)CC4)c(C)c3)c2)ccn1. The summed E-state index contributed by atoms with van der Waals surface area (Å²) in [6.45, 7) is 7.85. The van der Waals surface area contributed by atoms with Crippen LogP contribution in [0.4, 0.5) is 0 Å². The standard InChI is InChI=1S/C28H32N4O2/c1-20-15-22(17-27(33)24-8-10-32(19-24)26-7-9-29-21(2)16-26)18-30-28(20)23-3-5-25(6-4-23)31-11-13-34-14-12-31/h3,7-10,15-16,18-19,25H,4-6,11-14,17H2,1-2H3. The molecule has 4 heterocycles. The highest BCUT2D eigenvalue weighted by molar-refractivity contribution is 5.97. The van der Waals surface area contributed by atoms with Gasteiger partial charge in [-0.3, -0.25) is 19.7 Å². The Labute approximate surface area is 201 Å². The number of aryl methyl sites for hydroxylation is 2. The van der Waals surface area contributed by atoms with Gasteiger partial charge in [0.1, 0.15) is 0 Å². The maximum Gasteiger partial charge on any atom is 0.168 e. The van der Waals surface area contributed by atoms with Crippen LogP contribution in [0.15, 0.2) is 55.1 Å². The Morgan fingerprint density at radius 1 is 1.15 bits per heavy atom. The van der Waals surface area contributed by atoms with Crippen LogP contribution in [-0.2, 0) is 11.2 Å². The average Bonchev–Trinajstić information content (AvgIpc) is 3.36. The number of ketones is 1. The Morgan fingerprint density at radius 2 is 2.00 bits per heavy atom. The minimum absolute atomic E-state index is 0.101. The third kappa shape index (κ3) is 5.03. The van der Waals surface area contributed by atoms with Crippen LogP contribution in [-0.4, -0.2) is 57.6 Å². The Bertz CT molecular complexity index is 1210. The lowest BCUT2D eigenvalue weighted by Crippen LogP contribution is -2.43. The van der Waals surface area contributed by atoms with E-state index in [-0.39, 0.29) is 5.78 Å². The number of carbonyl (C=O) groups is 1. The van der Waals surface area contributed by atoms with Gasteiger partial charge in [-0.25, -0.2) is 0 Å². The van der Waals surface area contributed by atoms with Gasteiger partial charge in [0.15, 0.2) is 5.78 Å². The first-order valence-corrected chi connectivity index (χ1v) is 12.2. The van der Waals surface area contributed by atoms with Gasteiger partial charge in [-0.05, 0) is 68.0 Å². The van der Waals surface area contributed by atoms with Gasteiger partial charge in [-0.2, -0.15) is 0 Å². The molecule has 0 aromatic carbocycles. The number of carbonyl (C=O) groups excluding carboxylic acids is 1. The van der Waals surface area contributed by atoms with Crippen molar-refractivity contribution >= 4 is 11.4 Å². The molecule has 1 fully saturated rings. The summed E-state index contributed by atoms with van der Waals surface area (Å²) in [6.07, 6.45) is 13.5. The number of rotatable bonds is 6. The Kier molecular flexibility index (Phi) is 6.70. The van der Waals surface area contributed by atoms with Crippen LogP contribution in [0, 0.1) is 13.8 Å². The summed E-state index contributed by atoms with van der Waals surface area (Å²) in [7, 11) is 0. The van der Waals surface area contributed by atoms with E-state index in [0.717, 1.165) is 67.3 Å². The summed E-state index contributed by atoms with van der Waals surface area (Å²) in [6, 6.07) is 8.57. The molecular weight excluding hydrogens is 424 g/mol. The monoisotopic (exact) mass is 456 g/mol. The minimum atomic E-state index is 0.101. The van der Waals surface area contributed by atoms with Gasteiger partial charge in [0.2, 0.25) is 0 Å². The molecule has 0 bridgehead atoms. The minimum Gasteiger partial charge on any atom is -0.379 e. The predicted octanol–water partition coefficient (Wildman–Crippen LogP) is 4.58. The second-order valence-corrected chi connectivity index (χ2v) is 9.38. The summed E-state index contributed by atoms with van der Waals surface area (Å²) in [5, 5.41) is 0. The predicted molar refractivity (Wildman–Crippen MR) is 133 cm³/mol. The van der Waals surface area contributed by atoms with Crippen LogP contribution in [0.5, 0.6) is 0 Å². The van der Waals surface area contributed by atoms with E-state index in [1.165, 1.54) is 12.0 Å². The molecule has 3 aromatic rings. The van der Waals surface area contributed by atoms with Crippen LogP contribution >= 0.6 is 0 Å². The van der Waals surface area contributed by atoms with Crippen molar-refractivity contribution in [1.82, 2.24) is 19.4 Å². The van der Waals surface area contributed by atoms with Crippen molar-refractivity contribution < 1.29 is 9.53 Å². The number of hydrogen-bond donors (Lipinski definition) is 0. The van der Waals surface area contributed by atoms with Crippen LogP contribution < -0.4 is 0 Å². The molecule has 0 saturated carbocycles. The molecule has 1 aliphatic carbocycles. The van der Waals surface area contributed by atoms with E-state index in [2.05, 4.69) is 29.0 Å². The third-order valence-electron chi connectivity index (χ3n) is 6.94. The fourth-order valence-electron chi connectivity index (χ4n) is 5.08. The van der Waals surface area contributed by atoms with Gasteiger partial charge in [-0.1, -0.05) is 12.1 Å². The van der Waals surface area contributed by atoms with Gasteiger partial charge in [0.25, 0.3) is 0 Å². The second kappa shape index (κ2) is 10.0. The number of ether oxygens (including phenoxy) is 1. The summed E-state index contributed by atoms with van der Waals surface area (Å²) >= 11 is 0. The molecular formula is C28H32N4O2. The molecule has 5 rings (SSSR count). The van der Waals surface area contributed by atoms with Gasteiger partial charge >= 0.3 is 0 Å². The molecule has 2 aliphatic rings. The van der Waals surface area contributed by atoms with E-state index >= 15 is 0 Å². The fraction of sp³-hybridized carbons (Fsp3) is 0.393. The van der Waals surface area contributed by atoms with Gasteiger partial charge in [-0.15, -0.1) is 0 Å². The van der Waals surface area contributed by atoms with E-state index in [4.69, 9.17) is 9.72 Å². The molecule has 3 aromatic heterocycles. The summed E-state index contributed by atoms with van der Waals surface area (Å²) in [4.78, 5) is 24.5. The summed E-state index contributed by atoms with van der Waals surface area (Å²) < 4.78 is 7.46. The van der Waals surface area contributed by atoms with Gasteiger partial charge in [0, 0.05) is 67.3 Å². The number of nitrogens with zero attached hydrogens (tertiary/aromatic N) is 4. The van der Waals surface area contributed by atoms with Crippen LogP contribution in [0.3, 0.4) is 0 Å². The zero-order valence-electron chi connectivity index (χ0n) is 20.0. The molecule has 0 N–H and O–H groups in total. The van der Waals surface area contributed by atoms with E-state index in [0.29, 0.717) is 18.0 Å². The first-order valence-electron chi connectivity index (χ1n) is 12.2. The molecule has 176 valence electrons. The van der Waals surface area contributed by atoms with E-state index in [1.54, 1.807) is 6.20 Å². The van der Waals surface area contributed by atoms with E-state index in [1.807, 2.05) is 48.3 Å². The lowest BCUT2D eigenvalue weighted by atomic mass is 9.90. The largest absolute Gasteiger partial charge is 0.379 e. The fourth-order valence-corrected chi connectivity index (χ4v) is 5.08. The lowest BCUT2D eigenvalue weighted by molar-refractivity contribution is 0.0150. The highest BCUT2D eigenvalue weighted by Gasteiger charge is 2.24. The molecule has 6 heteroatoms. The molecule has 34 heavy (non-hydrogen) atoms. The first kappa shape index (κ1) is 22.7. The van der Waals surface area contributed by atoms with Gasteiger partial charge in [0.05, 0.1) is 18.9 Å². The maximum atomic E-state index is 12.9. The van der Waals surface area contributed by atoms with E-state index < -0.39 is 0 Å². The molecule has 1 aliphatic heterocycles.